The predicted molar refractivity (Wildman–Crippen MR) is 67.2 cm³/mol. The summed E-state index contributed by atoms with van der Waals surface area (Å²) in [5.74, 6) is -2.64. The molecule has 1 aliphatic rings. The summed E-state index contributed by atoms with van der Waals surface area (Å²) in [4.78, 5) is 33.1. The molecule has 0 bridgehead atoms. The number of carbonyl (C=O) groups excluding carboxylic acids is 2. The zero-order chi connectivity index (χ0) is 14.0. The van der Waals surface area contributed by atoms with Crippen LogP contribution in [0.3, 0.4) is 0 Å². The number of amides is 2. The summed E-state index contributed by atoms with van der Waals surface area (Å²) in [6.45, 7) is 0. The van der Waals surface area contributed by atoms with Crippen LogP contribution in [0, 0.1) is 11.8 Å². The van der Waals surface area contributed by atoms with Crippen molar-refractivity contribution in [1.29, 1.82) is 0 Å². The molecule has 4 N–H and O–H groups in total. The molecule has 19 heavy (non-hydrogen) atoms. The number of nitrogens with one attached hydrogen (secondary N) is 1. The summed E-state index contributed by atoms with van der Waals surface area (Å²) >= 11 is 0. The molecule has 2 rings (SSSR count). The maximum absolute atomic E-state index is 11.7. The molecule has 100 valence electrons. The van der Waals surface area contributed by atoms with Crippen molar-refractivity contribution in [3.8, 4) is 0 Å². The van der Waals surface area contributed by atoms with Gasteiger partial charge >= 0.3 is 5.97 Å². The lowest BCUT2D eigenvalue weighted by Crippen LogP contribution is -2.17. The molecule has 1 fully saturated rings. The highest BCUT2D eigenvalue weighted by atomic mass is 16.4. The fourth-order valence-corrected chi connectivity index (χ4v) is 1.90. The van der Waals surface area contributed by atoms with Crippen LogP contribution in [0.25, 0.3) is 0 Å². The van der Waals surface area contributed by atoms with Crippen molar-refractivity contribution in [3.63, 3.8) is 0 Å². The Labute approximate surface area is 109 Å². The van der Waals surface area contributed by atoms with Crippen molar-refractivity contribution >= 4 is 23.5 Å². The van der Waals surface area contributed by atoms with E-state index in [2.05, 4.69) is 5.32 Å². The Balaban J connectivity index is 1.91. The lowest BCUT2D eigenvalue weighted by atomic mass is 10.1. The van der Waals surface area contributed by atoms with Crippen molar-refractivity contribution in [2.24, 2.45) is 17.6 Å². The number of anilines is 1. The highest BCUT2D eigenvalue weighted by Gasteiger charge is 2.48. The van der Waals surface area contributed by atoms with E-state index in [-0.39, 0.29) is 12.3 Å². The molecule has 6 heteroatoms. The smallest absolute Gasteiger partial charge is 0.307 e. The van der Waals surface area contributed by atoms with Gasteiger partial charge < -0.3 is 16.2 Å². The fourth-order valence-electron chi connectivity index (χ4n) is 1.90. The number of nitrogens with two attached hydrogens (primary N) is 1. The van der Waals surface area contributed by atoms with Crippen LogP contribution in [0.2, 0.25) is 0 Å². The second-order valence-electron chi connectivity index (χ2n) is 4.62. The van der Waals surface area contributed by atoms with Gasteiger partial charge in [0.1, 0.15) is 0 Å². The van der Waals surface area contributed by atoms with Gasteiger partial charge in [-0.2, -0.15) is 0 Å². The second-order valence-corrected chi connectivity index (χ2v) is 4.62. The molecule has 0 spiro atoms. The highest BCUT2D eigenvalue weighted by molar-refractivity contribution is 5.98. The number of aliphatic carboxylic acids is 1. The molecule has 1 aromatic carbocycles. The first-order valence-corrected chi connectivity index (χ1v) is 5.88. The number of primary amides is 1. The molecule has 2 unspecified atom stereocenters. The van der Waals surface area contributed by atoms with Crippen molar-refractivity contribution in [2.45, 2.75) is 12.8 Å². The third-order valence-corrected chi connectivity index (χ3v) is 3.04. The minimum Gasteiger partial charge on any atom is -0.481 e. The molecule has 6 nitrogen and oxygen atoms in total. The van der Waals surface area contributed by atoms with Gasteiger partial charge in [-0.05, 0) is 24.1 Å². The molecule has 0 saturated heterocycles. The molecule has 1 saturated carbocycles. The number of hydrogen-bond donors (Lipinski definition) is 3. The van der Waals surface area contributed by atoms with E-state index in [1.54, 1.807) is 24.3 Å². The Morgan fingerprint density at radius 3 is 2.32 bits per heavy atom. The van der Waals surface area contributed by atoms with Crippen LogP contribution in [-0.4, -0.2) is 22.9 Å². The van der Waals surface area contributed by atoms with Crippen LogP contribution in [0.15, 0.2) is 24.3 Å². The van der Waals surface area contributed by atoms with E-state index in [4.69, 9.17) is 10.8 Å². The summed E-state index contributed by atoms with van der Waals surface area (Å²) in [7, 11) is 0. The maximum Gasteiger partial charge on any atom is 0.307 e. The minimum absolute atomic E-state index is 0.151. The standard InChI is InChI=1S/C13H14N2O4/c14-11(16)5-7-1-3-8(4-2-7)15-12(17)9-6-10(9)13(18)19/h1-4,9-10H,5-6H2,(H2,14,16)(H,15,17)(H,18,19). The quantitative estimate of drug-likeness (QED) is 0.712. The Kier molecular flexibility index (Phi) is 3.50. The van der Waals surface area contributed by atoms with Gasteiger partial charge in [0.25, 0.3) is 0 Å². The SMILES string of the molecule is NC(=O)Cc1ccc(NC(=O)C2CC2C(=O)O)cc1. The minimum atomic E-state index is -0.933. The van der Waals surface area contributed by atoms with Gasteiger partial charge in [0.15, 0.2) is 0 Å². The first-order valence-electron chi connectivity index (χ1n) is 5.88. The molecule has 1 aromatic rings. The predicted octanol–water partition coefficient (Wildman–Crippen LogP) is 0.374. The van der Waals surface area contributed by atoms with Crippen molar-refractivity contribution in [2.75, 3.05) is 5.32 Å². The zero-order valence-electron chi connectivity index (χ0n) is 10.1. The van der Waals surface area contributed by atoms with Crippen LogP contribution >= 0.6 is 0 Å². The van der Waals surface area contributed by atoms with Crippen LogP contribution in [0.4, 0.5) is 5.69 Å². The largest absolute Gasteiger partial charge is 0.481 e. The van der Waals surface area contributed by atoms with Gasteiger partial charge in [-0.15, -0.1) is 0 Å². The summed E-state index contributed by atoms with van der Waals surface area (Å²) in [5, 5.41) is 11.4. The van der Waals surface area contributed by atoms with Gasteiger partial charge in [0.05, 0.1) is 18.3 Å². The normalized spacial score (nSPS) is 20.6. The molecular weight excluding hydrogens is 248 g/mol. The molecule has 2 atom stereocenters. The van der Waals surface area contributed by atoms with E-state index in [0.29, 0.717) is 12.1 Å². The Bertz CT molecular complexity index is 524. The zero-order valence-corrected chi connectivity index (χ0v) is 10.1. The van der Waals surface area contributed by atoms with E-state index in [1.165, 1.54) is 0 Å². The first kappa shape index (κ1) is 13.1. The lowest BCUT2D eigenvalue weighted by Gasteiger charge is -2.05. The maximum atomic E-state index is 11.7. The average Bonchev–Trinajstić information content (AvgIpc) is 3.11. The monoisotopic (exact) mass is 262 g/mol. The summed E-state index contributed by atoms with van der Waals surface area (Å²) in [5.41, 5.74) is 6.41. The van der Waals surface area contributed by atoms with E-state index >= 15 is 0 Å². The number of rotatable bonds is 5. The third-order valence-electron chi connectivity index (χ3n) is 3.04. The molecule has 1 aliphatic carbocycles. The molecular formula is C13H14N2O4. The number of carbonyl (C=O) groups is 3. The third kappa shape index (κ3) is 3.31. The van der Waals surface area contributed by atoms with Crippen molar-refractivity contribution in [3.05, 3.63) is 29.8 Å². The van der Waals surface area contributed by atoms with Crippen LogP contribution in [0.1, 0.15) is 12.0 Å². The molecule has 2 amide bonds. The second kappa shape index (κ2) is 5.09. The summed E-state index contributed by atoms with van der Waals surface area (Å²) in [6.07, 6.45) is 0.541. The van der Waals surface area contributed by atoms with Gasteiger partial charge in [0, 0.05) is 5.69 Å². The van der Waals surface area contributed by atoms with Crippen LogP contribution in [-0.2, 0) is 20.8 Å². The van der Waals surface area contributed by atoms with Gasteiger partial charge in [-0.3, -0.25) is 14.4 Å². The van der Waals surface area contributed by atoms with Gasteiger partial charge in [-0.1, -0.05) is 12.1 Å². The Hall–Kier alpha value is -2.37. The fraction of sp³-hybridized carbons (Fsp3) is 0.308. The van der Waals surface area contributed by atoms with Gasteiger partial charge in [-0.25, -0.2) is 0 Å². The number of hydrogen-bond acceptors (Lipinski definition) is 3. The highest BCUT2D eigenvalue weighted by Crippen LogP contribution is 2.39. The summed E-state index contributed by atoms with van der Waals surface area (Å²) < 4.78 is 0. The molecule has 0 aromatic heterocycles. The molecule has 0 radical (unpaired) electrons. The topological polar surface area (TPSA) is 109 Å². The number of carboxylic acids is 1. The summed E-state index contributed by atoms with van der Waals surface area (Å²) in [6, 6.07) is 6.71. The Morgan fingerprint density at radius 1 is 1.21 bits per heavy atom. The first-order chi connectivity index (χ1) is 8.97. The van der Waals surface area contributed by atoms with E-state index in [9.17, 15) is 14.4 Å². The van der Waals surface area contributed by atoms with Crippen molar-refractivity contribution in [1.82, 2.24) is 0 Å². The van der Waals surface area contributed by atoms with E-state index in [0.717, 1.165) is 5.56 Å². The van der Waals surface area contributed by atoms with Crippen molar-refractivity contribution < 1.29 is 19.5 Å². The Morgan fingerprint density at radius 2 is 1.84 bits per heavy atom. The molecule has 0 heterocycles. The van der Waals surface area contributed by atoms with Crippen LogP contribution in [0.5, 0.6) is 0 Å². The average molecular weight is 262 g/mol. The van der Waals surface area contributed by atoms with E-state index in [1.807, 2.05) is 0 Å². The number of carboxylic acid groups (broad SMARTS) is 1. The van der Waals surface area contributed by atoms with Crippen LogP contribution < -0.4 is 11.1 Å². The lowest BCUT2D eigenvalue weighted by molar-refractivity contribution is -0.139. The van der Waals surface area contributed by atoms with Gasteiger partial charge in [0.2, 0.25) is 11.8 Å². The molecule has 0 aliphatic heterocycles. The van der Waals surface area contributed by atoms with E-state index < -0.39 is 23.7 Å². The number of benzene rings is 1.